The zero-order valence-electron chi connectivity index (χ0n) is 11.4. The van der Waals surface area contributed by atoms with E-state index in [1.54, 1.807) is 6.20 Å². The van der Waals surface area contributed by atoms with Crippen molar-refractivity contribution in [3.8, 4) is 0 Å². The Bertz CT molecular complexity index is 358. The van der Waals surface area contributed by atoms with Gasteiger partial charge < -0.3 is 14.4 Å². The van der Waals surface area contributed by atoms with Gasteiger partial charge in [-0.2, -0.15) is 0 Å². The Hall–Kier alpha value is -0.870. The zero-order chi connectivity index (χ0) is 13.0. The highest BCUT2D eigenvalue weighted by Crippen LogP contribution is 2.33. The first-order valence-corrected chi connectivity index (χ1v) is 7.01. The molecule has 1 aliphatic rings. The van der Waals surface area contributed by atoms with Gasteiger partial charge >= 0.3 is 0 Å². The first-order valence-electron chi connectivity index (χ1n) is 7.01. The normalized spacial score (nSPS) is 20.8. The van der Waals surface area contributed by atoms with Crippen molar-refractivity contribution >= 4 is 0 Å². The number of aromatic nitrogens is 2. The van der Waals surface area contributed by atoms with E-state index in [0.29, 0.717) is 18.3 Å². The van der Waals surface area contributed by atoms with Gasteiger partial charge in [-0.3, -0.25) is 0 Å². The fourth-order valence-electron chi connectivity index (χ4n) is 2.95. The molecule has 1 aromatic rings. The first-order chi connectivity index (χ1) is 8.74. The van der Waals surface area contributed by atoms with E-state index in [2.05, 4.69) is 4.98 Å². The maximum absolute atomic E-state index is 10.5. The minimum atomic E-state index is -0.618. The minimum Gasteiger partial charge on any atom is -0.382 e. The van der Waals surface area contributed by atoms with Crippen molar-refractivity contribution in [2.45, 2.75) is 51.2 Å². The average Bonchev–Trinajstić information content (AvgIpc) is 2.82. The topological polar surface area (TPSA) is 47.3 Å². The van der Waals surface area contributed by atoms with Gasteiger partial charge in [-0.25, -0.2) is 4.98 Å². The summed E-state index contributed by atoms with van der Waals surface area (Å²) < 4.78 is 7.69. The van der Waals surface area contributed by atoms with E-state index in [0.717, 1.165) is 12.8 Å². The molecule has 0 aliphatic heterocycles. The Morgan fingerprint density at radius 2 is 2.17 bits per heavy atom. The quantitative estimate of drug-likeness (QED) is 0.875. The molecule has 0 spiro atoms. The third-order valence-corrected chi connectivity index (χ3v) is 3.91. The van der Waals surface area contributed by atoms with Gasteiger partial charge in [0.2, 0.25) is 0 Å². The number of nitrogens with zero attached hydrogens (tertiary/aromatic N) is 2. The molecule has 102 valence electrons. The maximum Gasteiger partial charge on any atom is 0.140 e. The molecule has 2 unspecified atom stereocenters. The monoisotopic (exact) mass is 252 g/mol. The largest absolute Gasteiger partial charge is 0.382 e. The fraction of sp³-hybridized carbons (Fsp3) is 0.786. The smallest absolute Gasteiger partial charge is 0.140 e. The van der Waals surface area contributed by atoms with Crippen LogP contribution in [0.2, 0.25) is 0 Å². The Morgan fingerprint density at radius 3 is 2.72 bits per heavy atom. The molecule has 2 atom stereocenters. The summed E-state index contributed by atoms with van der Waals surface area (Å²) >= 11 is 0. The molecule has 1 aliphatic carbocycles. The molecule has 1 aromatic heterocycles. The van der Waals surface area contributed by atoms with Crippen molar-refractivity contribution < 1.29 is 9.84 Å². The Labute approximate surface area is 109 Å². The number of rotatable bonds is 5. The van der Waals surface area contributed by atoms with E-state index < -0.39 is 6.10 Å². The lowest BCUT2D eigenvalue weighted by molar-refractivity contribution is -0.0778. The molecule has 0 aromatic carbocycles. The van der Waals surface area contributed by atoms with E-state index in [1.165, 1.54) is 19.3 Å². The summed E-state index contributed by atoms with van der Waals surface area (Å²) in [5.41, 5.74) is 0. The number of hydrogen-bond donors (Lipinski definition) is 1. The number of aryl methyl sites for hydroxylation is 1. The van der Waals surface area contributed by atoms with Gasteiger partial charge in [0.05, 0.1) is 6.10 Å². The lowest BCUT2D eigenvalue weighted by Crippen LogP contribution is -2.33. The van der Waals surface area contributed by atoms with E-state index in [1.807, 2.05) is 24.7 Å². The van der Waals surface area contributed by atoms with E-state index in [9.17, 15) is 5.11 Å². The van der Waals surface area contributed by atoms with Crippen LogP contribution in [0.1, 0.15) is 51.0 Å². The van der Waals surface area contributed by atoms with Crippen molar-refractivity contribution in [1.29, 1.82) is 0 Å². The minimum absolute atomic E-state index is 0.114. The number of aliphatic hydroxyl groups excluding tert-OH is 1. The predicted octanol–water partition coefficient (Wildman–Crippen LogP) is 2.44. The predicted molar refractivity (Wildman–Crippen MR) is 70.2 cm³/mol. The number of imidazole rings is 1. The van der Waals surface area contributed by atoms with Gasteiger partial charge in [0, 0.05) is 26.0 Å². The van der Waals surface area contributed by atoms with Crippen LogP contribution < -0.4 is 0 Å². The highest BCUT2D eigenvalue weighted by molar-refractivity contribution is 4.99. The van der Waals surface area contributed by atoms with Crippen molar-refractivity contribution in [2.75, 3.05) is 6.61 Å². The molecule has 4 nitrogen and oxygen atoms in total. The summed E-state index contributed by atoms with van der Waals surface area (Å²) in [6.45, 7) is 2.63. The van der Waals surface area contributed by atoms with Crippen LogP contribution in [0.5, 0.6) is 0 Å². The van der Waals surface area contributed by atoms with Crippen LogP contribution in [-0.2, 0) is 11.8 Å². The highest BCUT2D eigenvalue weighted by Gasteiger charge is 2.32. The Morgan fingerprint density at radius 1 is 1.44 bits per heavy atom. The van der Waals surface area contributed by atoms with Crippen LogP contribution >= 0.6 is 0 Å². The number of hydrogen-bond acceptors (Lipinski definition) is 3. The third kappa shape index (κ3) is 2.93. The molecule has 2 rings (SSSR count). The van der Waals surface area contributed by atoms with E-state index in [-0.39, 0.29) is 6.10 Å². The van der Waals surface area contributed by atoms with Gasteiger partial charge in [0.25, 0.3) is 0 Å². The fourth-order valence-corrected chi connectivity index (χ4v) is 2.95. The van der Waals surface area contributed by atoms with Crippen LogP contribution in [0, 0.1) is 5.92 Å². The van der Waals surface area contributed by atoms with E-state index >= 15 is 0 Å². The lowest BCUT2D eigenvalue weighted by atomic mass is 9.83. The summed E-state index contributed by atoms with van der Waals surface area (Å²) in [6.07, 6.45) is 8.99. The van der Waals surface area contributed by atoms with Crippen molar-refractivity contribution in [3.05, 3.63) is 18.2 Å². The van der Waals surface area contributed by atoms with Gasteiger partial charge in [-0.15, -0.1) is 0 Å². The molecule has 1 saturated carbocycles. The molecule has 1 heterocycles. The van der Waals surface area contributed by atoms with Crippen LogP contribution in [0.3, 0.4) is 0 Å². The molecule has 1 fully saturated rings. The second-order valence-electron chi connectivity index (χ2n) is 5.16. The Balaban J connectivity index is 2.10. The van der Waals surface area contributed by atoms with Gasteiger partial charge in [0.1, 0.15) is 11.9 Å². The number of aliphatic hydroxyl groups is 1. The number of ether oxygens (including phenoxy) is 1. The summed E-state index contributed by atoms with van der Waals surface area (Å²) in [7, 11) is 1.91. The molecule has 1 N–H and O–H groups in total. The van der Waals surface area contributed by atoms with Crippen molar-refractivity contribution in [3.63, 3.8) is 0 Å². The van der Waals surface area contributed by atoms with Crippen molar-refractivity contribution in [1.82, 2.24) is 9.55 Å². The Kier molecular flexibility index (Phi) is 4.78. The van der Waals surface area contributed by atoms with Gasteiger partial charge in [0.15, 0.2) is 0 Å². The average molecular weight is 252 g/mol. The summed E-state index contributed by atoms with van der Waals surface area (Å²) in [5, 5.41) is 10.5. The van der Waals surface area contributed by atoms with Crippen molar-refractivity contribution in [2.24, 2.45) is 13.0 Å². The van der Waals surface area contributed by atoms with E-state index in [4.69, 9.17) is 4.74 Å². The van der Waals surface area contributed by atoms with Gasteiger partial charge in [-0.05, 0) is 25.7 Å². The molecule has 0 amide bonds. The molecule has 0 bridgehead atoms. The summed E-state index contributed by atoms with van der Waals surface area (Å²) in [5.74, 6) is 1.17. The van der Waals surface area contributed by atoms with Crippen LogP contribution in [-0.4, -0.2) is 27.4 Å². The lowest BCUT2D eigenvalue weighted by Gasteiger charge is -2.32. The second-order valence-corrected chi connectivity index (χ2v) is 5.16. The summed E-state index contributed by atoms with van der Waals surface area (Å²) in [4.78, 5) is 4.25. The molecule has 4 heteroatoms. The molecular weight excluding hydrogens is 228 g/mol. The molecular formula is C14H24N2O2. The van der Waals surface area contributed by atoms with Crippen LogP contribution in [0.15, 0.2) is 12.4 Å². The third-order valence-electron chi connectivity index (χ3n) is 3.91. The first kappa shape index (κ1) is 13.6. The molecule has 18 heavy (non-hydrogen) atoms. The second kappa shape index (κ2) is 6.34. The van der Waals surface area contributed by atoms with Gasteiger partial charge in [-0.1, -0.05) is 19.3 Å². The SMILES string of the molecule is CCOC(C1CCCCC1)C(O)c1nccn1C. The maximum atomic E-state index is 10.5. The van der Waals surface area contributed by atoms with Crippen LogP contribution in [0.4, 0.5) is 0 Å². The standard InChI is InChI=1S/C14H24N2O2/c1-3-18-13(11-7-5-4-6-8-11)12(17)14-15-9-10-16(14)2/h9-13,17H,3-8H2,1-2H3. The zero-order valence-corrected chi connectivity index (χ0v) is 11.4. The van der Waals surface area contributed by atoms with Crippen LogP contribution in [0.25, 0.3) is 0 Å². The summed E-state index contributed by atoms with van der Waals surface area (Å²) in [6, 6.07) is 0. The molecule has 0 radical (unpaired) electrons. The molecule has 0 saturated heterocycles. The highest BCUT2D eigenvalue weighted by atomic mass is 16.5.